The van der Waals surface area contributed by atoms with E-state index < -0.39 is 0 Å². The summed E-state index contributed by atoms with van der Waals surface area (Å²) in [6.45, 7) is 6.33. The molecule has 0 aromatic heterocycles. The summed E-state index contributed by atoms with van der Waals surface area (Å²) in [6.07, 6.45) is 2.43. The Morgan fingerprint density at radius 2 is 1.73 bits per heavy atom. The molecule has 1 unspecified atom stereocenters. The van der Waals surface area contributed by atoms with Gasteiger partial charge >= 0.3 is 0 Å². The lowest BCUT2D eigenvalue weighted by molar-refractivity contribution is -0.193. The minimum Gasteiger partial charge on any atom is -0.352 e. The minimum absolute atomic E-state index is 0.110. The van der Waals surface area contributed by atoms with Gasteiger partial charge in [0.15, 0.2) is 6.29 Å². The predicted molar refractivity (Wildman–Crippen MR) is 42.2 cm³/mol. The SMILES string of the molecule is CC1(C)CC1C1OCCCO1. The topological polar surface area (TPSA) is 18.5 Å². The van der Waals surface area contributed by atoms with Crippen LogP contribution in [0, 0.1) is 11.3 Å². The molecule has 0 aromatic rings. The first-order valence-electron chi connectivity index (χ1n) is 4.43. The van der Waals surface area contributed by atoms with E-state index in [1.807, 2.05) is 0 Å². The van der Waals surface area contributed by atoms with E-state index in [-0.39, 0.29) is 6.29 Å². The Balaban J connectivity index is 1.86. The van der Waals surface area contributed by atoms with Gasteiger partial charge in [0.2, 0.25) is 0 Å². The summed E-state index contributed by atoms with van der Waals surface area (Å²) in [5, 5.41) is 0. The molecule has 0 N–H and O–H groups in total. The van der Waals surface area contributed by atoms with E-state index in [9.17, 15) is 0 Å². The van der Waals surface area contributed by atoms with Crippen molar-refractivity contribution in [1.29, 1.82) is 0 Å². The van der Waals surface area contributed by atoms with E-state index in [2.05, 4.69) is 13.8 Å². The fourth-order valence-electron chi connectivity index (χ4n) is 1.71. The van der Waals surface area contributed by atoms with Crippen LogP contribution in [0.15, 0.2) is 0 Å². The molecule has 0 radical (unpaired) electrons. The van der Waals surface area contributed by atoms with Gasteiger partial charge in [0, 0.05) is 5.92 Å². The predicted octanol–water partition coefficient (Wildman–Crippen LogP) is 1.80. The molecule has 2 rings (SSSR count). The molecule has 1 heterocycles. The van der Waals surface area contributed by atoms with Gasteiger partial charge in [-0.3, -0.25) is 0 Å². The van der Waals surface area contributed by atoms with Gasteiger partial charge in [0.05, 0.1) is 13.2 Å². The molecule has 1 aliphatic heterocycles. The van der Waals surface area contributed by atoms with Crippen LogP contribution in [0.4, 0.5) is 0 Å². The fourth-order valence-corrected chi connectivity index (χ4v) is 1.71. The van der Waals surface area contributed by atoms with Gasteiger partial charge in [-0.2, -0.15) is 0 Å². The van der Waals surface area contributed by atoms with Crippen molar-refractivity contribution in [2.45, 2.75) is 33.0 Å². The minimum atomic E-state index is 0.110. The fraction of sp³-hybridized carbons (Fsp3) is 1.00. The third kappa shape index (κ3) is 1.42. The molecule has 2 nitrogen and oxygen atoms in total. The van der Waals surface area contributed by atoms with Crippen LogP contribution in [-0.4, -0.2) is 19.5 Å². The van der Waals surface area contributed by atoms with E-state index in [0.29, 0.717) is 11.3 Å². The van der Waals surface area contributed by atoms with Gasteiger partial charge in [0.1, 0.15) is 0 Å². The summed E-state index contributed by atoms with van der Waals surface area (Å²) in [5.74, 6) is 0.655. The number of hydrogen-bond acceptors (Lipinski definition) is 2. The lowest BCUT2D eigenvalue weighted by atomic mass is 10.1. The zero-order valence-corrected chi connectivity index (χ0v) is 7.30. The molecule has 1 saturated heterocycles. The van der Waals surface area contributed by atoms with E-state index >= 15 is 0 Å². The molecule has 1 aliphatic carbocycles. The van der Waals surface area contributed by atoms with Gasteiger partial charge < -0.3 is 9.47 Å². The molecule has 11 heavy (non-hydrogen) atoms. The Kier molecular flexibility index (Phi) is 1.69. The zero-order chi connectivity index (χ0) is 7.90. The molecule has 2 fully saturated rings. The molecule has 0 bridgehead atoms. The number of hydrogen-bond donors (Lipinski definition) is 0. The summed E-state index contributed by atoms with van der Waals surface area (Å²) >= 11 is 0. The highest BCUT2D eigenvalue weighted by atomic mass is 16.7. The second kappa shape index (κ2) is 2.46. The Morgan fingerprint density at radius 3 is 2.18 bits per heavy atom. The first kappa shape index (κ1) is 7.56. The largest absolute Gasteiger partial charge is 0.352 e. The van der Waals surface area contributed by atoms with Crippen LogP contribution < -0.4 is 0 Å². The van der Waals surface area contributed by atoms with Gasteiger partial charge in [0.25, 0.3) is 0 Å². The molecule has 0 aromatic carbocycles. The van der Waals surface area contributed by atoms with Crippen LogP contribution in [0.1, 0.15) is 26.7 Å². The molecule has 64 valence electrons. The second-order valence-electron chi connectivity index (χ2n) is 4.26. The average molecular weight is 156 g/mol. The molecule has 1 saturated carbocycles. The molecular formula is C9H16O2. The van der Waals surface area contributed by atoms with Crippen molar-refractivity contribution in [2.24, 2.45) is 11.3 Å². The Hall–Kier alpha value is -0.0800. The monoisotopic (exact) mass is 156 g/mol. The number of ether oxygens (including phenoxy) is 2. The van der Waals surface area contributed by atoms with Gasteiger partial charge in [-0.1, -0.05) is 13.8 Å². The average Bonchev–Trinajstić information content (AvgIpc) is 2.62. The standard InChI is InChI=1S/C9H16O2/c1-9(2)6-7(9)8-10-4-3-5-11-8/h7-8H,3-6H2,1-2H3. The molecule has 2 aliphatic rings. The van der Waals surface area contributed by atoms with E-state index in [4.69, 9.17) is 9.47 Å². The maximum Gasteiger partial charge on any atom is 0.160 e. The van der Waals surface area contributed by atoms with Gasteiger partial charge in [-0.05, 0) is 18.3 Å². The normalized spacial score (nSPS) is 37.1. The van der Waals surface area contributed by atoms with Gasteiger partial charge in [-0.25, -0.2) is 0 Å². The smallest absolute Gasteiger partial charge is 0.160 e. The van der Waals surface area contributed by atoms with Crippen molar-refractivity contribution in [3.8, 4) is 0 Å². The van der Waals surface area contributed by atoms with Crippen molar-refractivity contribution < 1.29 is 9.47 Å². The van der Waals surface area contributed by atoms with Gasteiger partial charge in [-0.15, -0.1) is 0 Å². The van der Waals surface area contributed by atoms with Crippen molar-refractivity contribution in [3.05, 3.63) is 0 Å². The first-order chi connectivity index (χ1) is 5.20. The lowest BCUT2D eigenvalue weighted by Crippen LogP contribution is -2.28. The molecule has 0 spiro atoms. The first-order valence-corrected chi connectivity index (χ1v) is 4.43. The van der Waals surface area contributed by atoms with Crippen LogP contribution in [0.25, 0.3) is 0 Å². The van der Waals surface area contributed by atoms with Crippen LogP contribution in [0.5, 0.6) is 0 Å². The molecular weight excluding hydrogens is 140 g/mol. The van der Waals surface area contributed by atoms with Crippen LogP contribution in [-0.2, 0) is 9.47 Å². The Bertz CT molecular complexity index is 148. The van der Waals surface area contributed by atoms with Crippen LogP contribution >= 0.6 is 0 Å². The number of rotatable bonds is 1. The maximum absolute atomic E-state index is 5.52. The molecule has 0 amide bonds. The third-order valence-electron chi connectivity index (χ3n) is 2.77. The van der Waals surface area contributed by atoms with Crippen LogP contribution in [0.2, 0.25) is 0 Å². The van der Waals surface area contributed by atoms with E-state index in [1.54, 1.807) is 0 Å². The van der Waals surface area contributed by atoms with E-state index in [0.717, 1.165) is 19.6 Å². The highest BCUT2D eigenvalue weighted by Gasteiger charge is 2.51. The summed E-state index contributed by atoms with van der Waals surface area (Å²) in [6, 6.07) is 0. The summed E-state index contributed by atoms with van der Waals surface area (Å²) in [4.78, 5) is 0. The maximum atomic E-state index is 5.52. The summed E-state index contributed by atoms with van der Waals surface area (Å²) in [7, 11) is 0. The van der Waals surface area contributed by atoms with Crippen LogP contribution in [0.3, 0.4) is 0 Å². The summed E-state index contributed by atoms with van der Waals surface area (Å²) < 4.78 is 11.0. The van der Waals surface area contributed by atoms with Crippen molar-refractivity contribution in [1.82, 2.24) is 0 Å². The van der Waals surface area contributed by atoms with Crippen molar-refractivity contribution >= 4 is 0 Å². The Morgan fingerprint density at radius 1 is 1.18 bits per heavy atom. The summed E-state index contributed by atoms with van der Waals surface area (Å²) in [5.41, 5.74) is 0.474. The highest BCUT2D eigenvalue weighted by molar-refractivity contribution is 4.97. The lowest BCUT2D eigenvalue weighted by Gasteiger charge is -2.24. The molecule has 2 heteroatoms. The Labute approximate surface area is 67.9 Å². The quantitative estimate of drug-likeness (QED) is 0.576. The highest BCUT2D eigenvalue weighted by Crippen LogP contribution is 2.54. The van der Waals surface area contributed by atoms with Crippen molar-refractivity contribution in [2.75, 3.05) is 13.2 Å². The zero-order valence-electron chi connectivity index (χ0n) is 7.30. The van der Waals surface area contributed by atoms with E-state index in [1.165, 1.54) is 6.42 Å². The van der Waals surface area contributed by atoms with Crippen molar-refractivity contribution in [3.63, 3.8) is 0 Å². The third-order valence-corrected chi connectivity index (χ3v) is 2.77. The molecule has 1 atom stereocenters. The second-order valence-corrected chi connectivity index (χ2v) is 4.26.